The van der Waals surface area contributed by atoms with Crippen LogP contribution in [-0.4, -0.2) is 44.1 Å². The highest BCUT2D eigenvalue weighted by atomic mass is 35.5. The van der Waals surface area contributed by atoms with Gasteiger partial charge in [0, 0.05) is 29.9 Å². The first kappa shape index (κ1) is 12.8. The second-order valence-electron chi connectivity index (χ2n) is 4.66. The number of rotatable bonds is 2. The third-order valence-electron chi connectivity index (χ3n) is 3.38. The molecule has 0 radical (unpaired) electrons. The maximum Gasteiger partial charge on any atom is 0.407 e. The second-order valence-corrected chi connectivity index (χ2v) is 5.10. The predicted molar refractivity (Wildman–Crippen MR) is 73.0 cm³/mol. The van der Waals surface area contributed by atoms with E-state index in [0.717, 1.165) is 5.69 Å². The third kappa shape index (κ3) is 2.08. The zero-order chi connectivity index (χ0) is 14.3. The number of likely N-dealkylation sites (tertiary alicyclic amines) is 1. The number of phenols is 1. The van der Waals surface area contributed by atoms with E-state index in [4.69, 9.17) is 16.7 Å². The third-order valence-corrected chi connectivity index (χ3v) is 3.62. The van der Waals surface area contributed by atoms with Gasteiger partial charge in [0.05, 0.1) is 11.7 Å². The molecule has 6 nitrogen and oxygen atoms in total. The summed E-state index contributed by atoms with van der Waals surface area (Å²) in [7, 11) is 0. The lowest BCUT2D eigenvalue weighted by atomic mass is 10.1. The standard InChI is InChI=1S/C13H12ClN3O3/c14-8-1-2-12(18)10(5-8)11-3-4-15-17(11)9-6-16(7-9)13(19)20/h1-5,9,18H,6-7H2,(H,19,20). The van der Waals surface area contributed by atoms with Crippen molar-refractivity contribution < 1.29 is 15.0 Å². The second kappa shape index (κ2) is 4.72. The van der Waals surface area contributed by atoms with Gasteiger partial charge >= 0.3 is 6.09 Å². The lowest BCUT2D eigenvalue weighted by Gasteiger charge is -2.37. The van der Waals surface area contributed by atoms with Crippen LogP contribution in [-0.2, 0) is 0 Å². The maximum absolute atomic E-state index is 10.8. The smallest absolute Gasteiger partial charge is 0.407 e. The monoisotopic (exact) mass is 293 g/mol. The molecule has 0 spiro atoms. The van der Waals surface area contributed by atoms with Crippen LogP contribution in [0.4, 0.5) is 4.79 Å². The molecule has 0 saturated carbocycles. The first-order chi connectivity index (χ1) is 9.56. The fourth-order valence-electron chi connectivity index (χ4n) is 2.30. The summed E-state index contributed by atoms with van der Waals surface area (Å²) < 4.78 is 1.73. The Morgan fingerprint density at radius 3 is 2.80 bits per heavy atom. The van der Waals surface area contributed by atoms with Crippen LogP contribution in [0.3, 0.4) is 0 Å². The van der Waals surface area contributed by atoms with Crippen molar-refractivity contribution >= 4 is 17.7 Å². The highest BCUT2D eigenvalue weighted by molar-refractivity contribution is 6.30. The molecule has 1 saturated heterocycles. The number of carbonyl (C=O) groups is 1. The Labute approximate surface area is 119 Å². The van der Waals surface area contributed by atoms with Crippen LogP contribution in [0.15, 0.2) is 30.5 Å². The Balaban J connectivity index is 1.91. The molecule has 1 aliphatic rings. The van der Waals surface area contributed by atoms with E-state index in [2.05, 4.69) is 5.10 Å². The van der Waals surface area contributed by atoms with E-state index in [0.29, 0.717) is 23.7 Å². The van der Waals surface area contributed by atoms with Crippen molar-refractivity contribution in [3.05, 3.63) is 35.5 Å². The number of nitrogens with zero attached hydrogens (tertiary/aromatic N) is 3. The van der Waals surface area contributed by atoms with Crippen LogP contribution in [0.1, 0.15) is 6.04 Å². The van der Waals surface area contributed by atoms with Gasteiger partial charge in [0.15, 0.2) is 0 Å². The number of benzene rings is 1. The number of hydrogen-bond donors (Lipinski definition) is 2. The molecule has 1 amide bonds. The van der Waals surface area contributed by atoms with E-state index < -0.39 is 6.09 Å². The SMILES string of the molecule is O=C(O)N1CC(n2nccc2-c2cc(Cl)ccc2O)C1. The predicted octanol–water partition coefficient (Wildman–Crippen LogP) is 2.44. The van der Waals surface area contributed by atoms with Gasteiger partial charge in [-0.25, -0.2) is 4.79 Å². The van der Waals surface area contributed by atoms with Crippen molar-refractivity contribution in [3.63, 3.8) is 0 Å². The first-order valence-corrected chi connectivity index (χ1v) is 6.44. The Bertz CT molecular complexity index is 665. The van der Waals surface area contributed by atoms with Crippen molar-refractivity contribution in [2.24, 2.45) is 0 Å². The Kier molecular flexibility index (Phi) is 3.02. The van der Waals surface area contributed by atoms with Gasteiger partial charge < -0.3 is 15.1 Å². The molecule has 0 bridgehead atoms. The number of carboxylic acid groups (broad SMARTS) is 1. The van der Waals surface area contributed by atoms with E-state index in [1.165, 1.54) is 11.0 Å². The summed E-state index contributed by atoms with van der Waals surface area (Å²) in [5.41, 5.74) is 1.31. The van der Waals surface area contributed by atoms with Gasteiger partial charge in [-0.1, -0.05) is 11.6 Å². The molecular formula is C13H12ClN3O3. The minimum absolute atomic E-state index is 0.0190. The van der Waals surface area contributed by atoms with Gasteiger partial charge in [-0.2, -0.15) is 5.10 Å². The van der Waals surface area contributed by atoms with Crippen LogP contribution >= 0.6 is 11.6 Å². The number of phenolic OH excluding ortho intramolecular Hbond substituents is 1. The molecule has 20 heavy (non-hydrogen) atoms. The molecule has 1 fully saturated rings. The molecule has 2 N–H and O–H groups in total. The molecule has 104 valence electrons. The van der Waals surface area contributed by atoms with E-state index >= 15 is 0 Å². The molecule has 2 heterocycles. The number of halogens is 1. The molecule has 1 aromatic heterocycles. The summed E-state index contributed by atoms with van der Waals surface area (Å²) in [5.74, 6) is 0.116. The fraction of sp³-hybridized carbons (Fsp3) is 0.231. The van der Waals surface area contributed by atoms with Crippen LogP contribution in [0.25, 0.3) is 11.3 Å². The highest BCUT2D eigenvalue weighted by Gasteiger charge is 2.33. The number of aromatic nitrogens is 2. The average Bonchev–Trinajstić information content (AvgIpc) is 2.79. The number of amides is 1. The Hall–Kier alpha value is -2.21. The van der Waals surface area contributed by atoms with Crippen molar-refractivity contribution in [1.29, 1.82) is 0 Å². The molecule has 3 rings (SSSR count). The summed E-state index contributed by atoms with van der Waals surface area (Å²) in [6.07, 6.45) is 0.694. The van der Waals surface area contributed by atoms with Crippen LogP contribution in [0.5, 0.6) is 5.75 Å². The van der Waals surface area contributed by atoms with Crippen molar-refractivity contribution in [1.82, 2.24) is 14.7 Å². The number of hydrogen-bond acceptors (Lipinski definition) is 3. The van der Waals surface area contributed by atoms with E-state index in [9.17, 15) is 9.90 Å². The first-order valence-electron chi connectivity index (χ1n) is 6.06. The van der Waals surface area contributed by atoms with Gasteiger partial charge in [-0.05, 0) is 24.3 Å². The maximum atomic E-state index is 10.8. The van der Waals surface area contributed by atoms with Gasteiger partial charge in [-0.3, -0.25) is 4.68 Å². The summed E-state index contributed by atoms with van der Waals surface area (Å²) in [4.78, 5) is 12.1. The summed E-state index contributed by atoms with van der Waals surface area (Å²) in [6, 6.07) is 6.55. The summed E-state index contributed by atoms with van der Waals surface area (Å²) >= 11 is 5.95. The molecule has 1 aliphatic heterocycles. The van der Waals surface area contributed by atoms with Gasteiger partial charge in [-0.15, -0.1) is 0 Å². The van der Waals surface area contributed by atoms with Gasteiger partial charge in [0.1, 0.15) is 5.75 Å². The van der Waals surface area contributed by atoms with E-state index in [1.54, 1.807) is 29.1 Å². The van der Waals surface area contributed by atoms with E-state index in [1.807, 2.05) is 0 Å². The van der Waals surface area contributed by atoms with Gasteiger partial charge in [0.25, 0.3) is 0 Å². The molecule has 0 atom stereocenters. The van der Waals surface area contributed by atoms with Gasteiger partial charge in [0.2, 0.25) is 0 Å². The van der Waals surface area contributed by atoms with Crippen molar-refractivity contribution in [3.8, 4) is 17.0 Å². The fourth-order valence-corrected chi connectivity index (χ4v) is 2.47. The molecule has 7 heteroatoms. The average molecular weight is 294 g/mol. The Morgan fingerprint density at radius 2 is 2.10 bits per heavy atom. The molecular weight excluding hydrogens is 282 g/mol. The van der Waals surface area contributed by atoms with Crippen molar-refractivity contribution in [2.45, 2.75) is 6.04 Å². The lowest BCUT2D eigenvalue weighted by Crippen LogP contribution is -2.50. The topological polar surface area (TPSA) is 78.6 Å². The normalized spacial score (nSPS) is 15.2. The van der Waals surface area contributed by atoms with Crippen LogP contribution < -0.4 is 0 Å². The minimum atomic E-state index is -0.930. The highest BCUT2D eigenvalue weighted by Crippen LogP contribution is 2.34. The zero-order valence-corrected chi connectivity index (χ0v) is 11.2. The number of aromatic hydroxyl groups is 1. The summed E-state index contributed by atoms with van der Waals surface area (Å²) in [5, 5.41) is 23.5. The minimum Gasteiger partial charge on any atom is -0.507 e. The zero-order valence-electron chi connectivity index (χ0n) is 10.4. The van der Waals surface area contributed by atoms with E-state index in [-0.39, 0.29) is 11.8 Å². The van der Waals surface area contributed by atoms with Crippen LogP contribution in [0.2, 0.25) is 5.02 Å². The molecule has 1 aromatic carbocycles. The lowest BCUT2D eigenvalue weighted by molar-refractivity contribution is 0.0818. The summed E-state index contributed by atoms with van der Waals surface area (Å²) in [6.45, 7) is 0.788. The molecule has 0 unspecified atom stereocenters. The van der Waals surface area contributed by atoms with Crippen molar-refractivity contribution in [2.75, 3.05) is 13.1 Å². The Morgan fingerprint density at radius 1 is 1.35 bits per heavy atom. The quantitative estimate of drug-likeness (QED) is 0.891. The van der Waals surface area contributed by atoms with Crippen LogP contribution in [0, 0.1) is 0 Å². The molecule has 0 aliphatic carbocycles. The molecule has 2 aromatic rings. The largest absolute Gasteiger partial charge is 0.507 e.